The number of halogens is 2. The highest BCUT2D eigenvalue weighted by Crippen LogP contribution is 2.51. The molecular formula is C14H17BrFNO. The van der Waals surface area contributed by atoms with E-state index in [1.807, 2.05) is 0 Å². The molecule has 0 saturated heterocycles. The maximum absolute atomic E-state index is 13.6. The van der Waals surface area contributed by atoms with Gasteiger partial charge in [-0.2, -0.15) is 0 Å². The van der Waals surface area contributed by atoms with Gasteiger partial charge in [0.2, 0.25) is 0 Å². The van der Waals surface area contributed by atoms with Crippen LogP contribution in [0.4, 0.5) is 4.39 Å². The minimum atomic E-state index is -0.490. The Morgan fingerprint density at radius 2 is 2.17 bits per heavy atom. The highest BCUT2D eigenvalue weighted by Gasteiger charge is 2.45. The van der Waals surface area contributed by atoms with E-state index in [4.69, 9.17) is 0 Å². The molecule has 0 aromatic heterocycles. The smallest absolute Gasteiger partial charge is 0.254 e. The van der Waals surface area contributed by atoms with Crippen molar-refractivity contribution in [2.24, 2.45) is 11.3 Å². The van der Waals surface area contributed by atoms with E-state index in [1.165, 1.54) is 12.1 Å². The van der Waals surface area contributed by atoms with Crippen LogP contribution in [0, 0.1) is 17.2 Å². The van der Waals surface area contributed by atoms with Crippen LogP contribution in [0.1, 0.15) is 37.0 Å². The Morgan fingerprint density at radius 3 is 2.67 bits per heavy atom. The van der Waals surface area contributed by atoms with Gasteiger partial charge in [-0.05, 0) is 42.4 Å². The Hall–Kier alpha value is -0.900. The summed E-state index contributed by atoms with van der Waals surface area (Å²) in [5.41, 5.74) is 0.347. The predicted molar refractivity (Wildman–Crippen MR) is 72.9 cm³/mol. The lowest BCUT2D eigenvalue weighted by Gasteiger charge is -2.20. The molecule has 1 aliphatic carbocycles. The molecular weight excluding hydrogens is 297 g/mol. The first-order valence-electron chi connectivity index (χ1n) is 6.18. The molecule has 4 heteroatoms. The second-order valence-corrected chi connectivity index (χ2v) is 6.24. The van der Waals surface area contributed by atoms with E-state index in [2.05, 4.69) is 35.1 Å². The van der Waals surface area contributed by atoms with Gasteiger partial charge in [-0.1, -0.05) is 29.8 Å². The van der Waals surface area contributed by atoms with E-state index in [0.29, 0.717) is 16.9 Å². The summed E-state index contributed by atoms with van der Waals surface area (Å²) in [5.74, 6) is -0.268. The molecule has 1 aromatic carbocycles. The summed E-state index contributed by atoms with van der Waals surface area (Å²) >= 11 is 3.17. The molecule has 2 rings (SSSR count). The maximum Gasteiger partial charge on any atom is 0.254 e. The van der Waals surface area contributed by atoms with Crippen molar-refractivity contribution in [3.63, 3.8) is 0 Å². The first kappa shape index (κ1) is 13.5. The van der Waals surface area contributed by atoms with Crippen molar-refractivity contribution in [1.29, 1.82) is 0 Å². The molecule has 0 bridgehead atoms. The molecule has 0 spiro atoms. The fraction of sp³-hybridized carbons (Fsp3) is 0.500. The molecule has 1 N–H and O–H groups in total. The van der Waals surface area contributed by atoms with Crippen LogP contribution < -0.4 is 5.32 Å². The third kappa shape index (κ3) is 2.74. The molecule has 1 aliphatic rings. The number of hydrogen-bond donors (Lipinski definition) is 1. The molecule has 18 heavy (non-hydrogen) atoms. The summed E-state index contributed by atoms with van der Waals surface area (Å²) < 4.78 is 14.2. The largest absolute Gasteiger partial charge is 0.351 e. The first-order valence-corrected chi connectivity index (χ1v) is 6.97. The minimum Gasteiger partial charge on any atom is -0.351 e. The lowest BCUT2D eigenvalue weighted by molar-refractivity contribution is 0.0935. The molecule has 0 heterocycles. The topological polar surface area (TPSA) is 29.1 Å². The third-order valence-electron chi connectivity index (χ3n) is 3.89. The molecule has 2 nitrogen and oxygen atoms in total. The van der Waals surface area contributed by atoms with Crippen molar-refractivity contribution in [3.05, 3.63) is 34.1 Å². The Labute approximate surface area is 115 Å². The molecule has 0 radical (unpaired) electrons. The number of hydrogen-bond acceptors (Lipinski definition) is 1. The first-order chi connectivity index (χ1) is 8.44. The van der Waals surface area contributed by atoms with Crippen LogP contribution in [0.5, 0.6) is 0 Å². The highest BCUT2D eigenvalue weighted by molar-refractivity contribution is 9.10. The van der Waals surface area contributed by atoms with Crippen LogP contribution >= 0.6 is 15.9 Å². The van der Waals surface area contributed by atoms with Crippen molar-refractivity contribution in [1.82, 2.24) is 5.32 Å². The van der Waals surface area contributed by atoms with Crippen molar-refractivity contribution >= 4 is 21.8 Å². The van der Waals surface area contributed by atoms with E-state index in [1.54, 1.807) is 6.07 Å². The quantitative estimate of drug-likeness (QED) is 0.901. The normalized spacial score (nSPS) is 16.7. The number of benzene rings is 1. The number of amides is 1. The van der Waals surface area contributed by atoms with Crippen LogP contribution in [-0.4, -0.2) is 12.5 Å². The molecule has 1 saturated carbocycles. The summed E-state index contributed by atoms with van der Waals surface area (Å²) in [6.07, 6.45) is 2.29. The molecule has 0 atom stereocenters. The van der Waals surface area contributed by atoms with Gasteiger partial charge in [-0.25, -0.2) is 4.39 Å². The van der Waals surface area contributed by atoms with Gasteiger partial charge in [0.25, 0.3) is 5.91 Å². The molecule has 98 valence electrons. The van der Waals surface area contributed by atoms with Crippen molar-refractivity contribution < 1.29 is 9.18 Å². The fourth-order valence-corrected chi connectivity index (χ4v) is 2.48. The van der Waals surface area contributed by atoms with E-state index in [9.17, 15) is 9.18 Å². The third-order valence-corrected chi connectivity index (χ3v) is 4.39. The number of rotatable bonds is 4. The van der Waals surface area contributed by atoms with Gasteiger partial charge < -0.3 is 5.32 Å². The zero-order chi connectivity index (χ0) is 13.3. The Balaban J connectivity index is 2.00. The van der Waals surface area contributed by atoms with Gasteiger partial charge in [0, 0.05) is 11.0 Å². The molecule has 0 aliphatic heterocycles. The van der Waals surface area contributed by atoms with Gasteiger partial charge >= 0.3 is 0 Å². The van der Waals surface area contributed by atoms with Crippen LogP contribution in [0.2, 0.25) is 0 Å². The highest BCUT2D eigenvalue weighted by atomic mass is 79.9. The van der Waals surface area contributed by atoms with Gasteiger partial charge in [-0.3, -0.25) is 4.79 Å². The van der Waals surface area contributed by atoms with Gasteiger partial charge in [0.1, 0.15) is 5.82 Å². The summed E-state index contributed by atoms with van der Waals surface area (Å²) in [7, 11) is 0. The maximum atomic E-state index is 13.6. The summed E-state index contributed by atoms with van der Waals surface area (Å²) in [5, 5.41) is 2.85. The van der Waals surface area contributed by atoms with Crippen molar-refractivity contribution in [3.8, 4) is 0 Å². The standard InChI is InChI=1S/C14H17BrFNO/c1-9(2)14(5-6-14)8-17-13(18)11-4-3-10(15)7-12(11)16/h3-4,7,9H,5-6,8H2,1-2H3,(H,17,18). The van der Waals surface area contributed by atoms with Crippen LogP contribution in [0.15, 0.2) is 22.7 Å². The number of carbonyl (C=O) groups is 1. The summed E-state index contributed by atoms with van der Waals surface area (Å²) in [6.45, 7) is 4.97. The number of carbonyl (C=O) groups excluding carboxylic acids is 1. The van der Waals surface area contributed by atoms with Crippen LogP contribution in [0.3, 0.4) is 0 Å². The SMILES string of the molecule is CC(C)C1(CNC(=O)c2ccc(Br)cc2F)CC1. The molecule has 1 amide bonds. The minimum absolute atomic E-state index is 0.109. The van der Waals surface area contributed by atoms with Crippen LogP contribution in [0.25, 0.3) is 0 Å². The number of nitrogens with one attached hydrogen (secondary N) is 1. The monoisotopic (exact) mass is 313 g/mol. The Kier molecular flexibility index (Phi) is 3.76. The summed E-state index contributed by atoms with van der Waals surface area (Å²) in [4.78, 5) is 11.9. The zero-order valence-electron chi connectivity index (χ0n) is 10.6. The van der Waals surface area contributed by atoms with E-state index < -0.39 is 5.82 Å². The molecule has 0 unspecified atom stereocenters. The lowest BCUT2D eigenvalue weighted by Crippen LogP contribution is -2.33. The van der Waals surface area contributed by atoms with Gasteiger partial charge in [0.15, 0.2) is 0 Å². The van der Waals surface area contributed by atoms with E-state index in [0.717, 1.165) is 12.8 Å². The second-order valence-electron chi connectivity index (χ2n) is 5.32. The Morgan fingerprint density at radius 1 is 1.50 bits per heavy atom. The Bertz CT molecular complexity index is 469. The van der Waals surface area contributed by atoms with E-state index >= 15 is 0 Å². The molecule has 1 fully saturated rings. The van der Waals surface area contributed by atoms with Gasteiger partial charge in [-0.15, -0.1) is 0 Å². The fourth-order valence-electron chi connectivity index (χ4n) is 2.14. The predicted octanol–water partition coefficient (Wildman–Crippen LogP) is 3.75. The average Bonchev–Trinajstić information content (AvgIpc) is 3.07. The average molecular weight is 314 g/mol. The lowest BCUT2D eigenvalue weighted by atomic mass is 9.92. The summed E-state index contributed by atoms with van der Waals surface area (Å²) in [6, 6.07) is 4.49. The van der Waals surface area contributed by atoms with Crippen molar-refractivity contribution in [2.75, 3.05) is 6.54 Å². The second kappa shape index (κ2) is 5.00. The van der Waals surface area contributed by atoms with Crippen molar-refractivity contribution in [2.45, 2.75) is 26.7 Å². The van der Waals surface area contributed by atoms with E-state index in [-0.39, 0.29) is 16.9 Å². The molecule has 1 aromatic rings. The van der Waals surface area contributed by atoms with Crippen LogP contribution in [-0.2, 0) is 0 Å². The zero-order valence-corrected chi connectivity index (χ0v) is 12.2. The van der Waals surface area contributed by atoms with Gasteiger partial charge in [0.05, 0.1) is 5.56 Å².